The Hall–Kier alpha value is -0.570. The second-order valence-electron chi connectivity index (χ2n) is 5.08. The Morgan fingerprint density at radius 2 is 2.07 bits per heavy atom. The SMILES string of the molecule is C[C@@H]1CC[C@@H](C(C)(C)NC=O)[C@H](O)C1. The molecule has 0 bridgehead atoms. The van der Waals surface area contributed by atoms with Gasteiger partial charge in [-0.25, -0.2) is 0 Å². The van der Waals surface area contributed by atoms with Crippen molar-refractivity contribution in [2.24, 2.45) is 11.8 Å². The van der Waals surface area contributed by atoms with Gasteiger partial charge < -0.3 is 10.4 Å². The highest BCUT2D eigenvalue weighted by Gasteiger charge is 2.37. The molecule has 0 unspecified atom stereocenters. The minimum atomic E-state index is -0.290. The average Bonchev–Trinajstić information content (AvgIpc) is 2.02. The first-order valence-electron chi connectivity index (χ1n) is 5.36. The molecule has 0 radical (unpaired) electrons. The van der Waals surface area contributed by atoms with E-state index in [4.69, 9.17) is 0 Å². The van der Waals surface area contributed by atoms with Gasteiger partial charge in [0.05, 0.1) is 6.10 Å². The molecule has 82 valence electrons. The van der Waals surface area contributed by atoms with Crippen molar-refractivity contribution in [3.05, 3.63) is 0 Å². The van der Waals surface area contributed by atoms with Crippen LogP contribution in [0.15, 0.2) is 0 Å². The Morgan fingerprint density at radius 1 is 1.43 bits per heavy atom. The lowest BCUT2D eigenvalue weighted by Crippen LogP contribution is -2.51. The summed E-state index contributed by atoms with van der Waals surface area (Å²) in [5.41, 5.74) is -0.290. The van der Waals surface area contributed by atoms with Crippen LogP contribution in [0.1, 0.15) is 40.0 Å². The predicted octanol–water partition coefficient (Wildman–Crippen LogP) is 1.31. The van der Waals surface area contributed by atoms with Gasteiger partial charge in [-0.2, -0.15) is 0 Å². The summed E-state index contributed by atoms with van der Waals surface area (Å²) >= 11 is 0. The Morgan fingerprint density at radius 3 is 2.57 bits per heavy atom. The van der Waals surface area contributed by atoms with Crippen LogP contribution in [0.25, 0.3) is 0 Å². The fourth-order valence-electron chi connectivity index (χ4n) is 2.45. The summed E-state index contributed by atoms with van der Waals surface area (Å²) in [6.07, 6.45) is 3.45. The molecule has 1 rings (SSSR count). The molecule has 2 N–H and O–H groups in total. The second kappa shape index (κ2) is 4.30. The maximum absolute atomic E-state index is 10.4. The number of rotatable bonds is 3. The molecule has 0 aromatic carbocycles. The smallest absolute Gasteiger partial charge is 0.207 e. The van der Waals surface area contributed by atoms with Crippen molar-refractivity contribution >= 4 is 6.41 Å². The molecule has 3 nitrogen and oxygen atoms in total. The Kier molecular flexibility index (Phi) is 3.53. The van der Waals surface area contributed by atoms with Gasteiger partial charge in [-0.15, -0.1) is 0 Å². The summed E-state index contributed by atoms with van der Waals surface area (Å²) in [6.45, 7) is 6.12. The number of amides is 1. The summed E-state index contributed by atoms with van der Waals surface area (Å²) < 4.78 is 0. The fourth-order valence-corrected chi connectivity index (χ4v) is 2.45. The molecule has 14 heavy (non-hydrogen) atoms. The molecule has 0 aromatic rings. The molecular formula is C11H21NO2. The van der Waals surface area contributed by atoms with E-state index < -0.39 is 0 Å². The zero-order valence-corrected chi connectivity index (χ0v) is 9.29. The third-order valence-electron chi connectivity index (χ3n) is 3.44. The summed E-state index contributed by atoms with van der Waals surface area (Å²) in [5, 5.41) is 12.7. The zero-order chi connectivity index (χ0) is 10.8. The van der Waals surface area contributed by atoms with Crippen LogP contribution >= 0.6 is 0 Å². The van der Waals surface area contributed by atoms with E-state index in [2.05, 4.69) is 12.2 Å². The number of hydrogen-bond donors (Lipinski definition) is 2. The second-order valence-corrected chi connectivity index (χ2v) is 5.08. The first kappa shape index (κ1) is 11.5. The average molecular weight is 199 g/mol. The molecule has 1 saturated carbocycles. The molecule has 3 heteroatoms. The highest BCUT2D eigenvalue weighted by Crippen LogP contribution is 2.35. The van der Waals surface area contributed by atoms with E-state index in [1.54, 1.807) is 0 Å². The van der Waals surface area contributed by atoms with Crippen LogP contribution in [-0.4, -0.2) is 23.2 Å². The lowest BCUT2D eigenvalue weighted by Gasteiger charge is -2.41. The predicted molar refractivity (Wildman–Crippen MR) is 55.8 cm³/mol. The molecule has 0 spiro atoms. The molecule has 1 aliphatic carbocycles. The first-order chi connectivity index (χ1) is 6.47. The number of aliphatic hydroxyl groups excluding tert-OH is 1. The standard InChI is InChI=1S/C11H21NO2/c1-8-4-5-9(10(14)6-8)11(2,3)12-7-13/h7-10,14H,4-6H2,1-3H3,(H,12,13)/t8-,9-,10-/m1/s1. The summed E-state index contributed by atoms with van der Waals surface area (Å²) in [6, 6.07) is 0. The van der Waals surface area contributed by atoms with Crippen molar-refractivity contribution in [1.82, 2.24) is 5.32 Å². The lowest BCUT2D eigenvalue weighted by molar-refractivity contribution is -0.112. The highest BCUT2D eigenvalue weighted by atomic mass is 16.3. The molecule has 0 aliphatic heterocycles. The van der Waals surface area contributed by atoms with Gasteiger partial charge in [0, 0.05) is 11.5 Å². The summed E-state index contributed by atoms with van der Waals surface area (Å²) in [7, 11) is 0. The van der Waals surface area contributed by atoms with Gasteiger partial charge in [-0.3, -0.25) is 4.79 Å². The van der Waals surface area contributed by atoms with Crippen molar-refractivity contribution in [2.45, 2.75) is 51.7 Å². The summed E-state index contributed by atoms with van der Waals surface area (Å²) in [4.78, 5) is 10.4. The van der Waals surface area contributed by atoms with Crippen LogP contribution in [0.2, 0.25) is 0 Å². The normalized spacial score (nSPS) is 33.9. The van der Waals surface area contributed by atoms with Gasteiger partial charge in [-0.05, 0) is 32.6 Å². The van der Waals surface area contributed by atoms with Crippen LogP contribution in [0.3, 0.4) is 0 Å². The van der Waals surface area contributed by atoms with Crippen LogP contribution in [0.4, 0.5) is 0 Å². The highest BCUT2D eigenvalue weighted by molar-refractivity contribution is 5.47. The molecule has 0 saturated heterocycles. The van der Waals surface area contributed by atoms with E-state index in [0.717, 1.165) is 25.7 Å². The van der Waals surface area contributed by atoms with Crippen LogP contribution in [-0.2, 0) is 4.79 Å². The van der Waals surface area contributed by atoms with Gasteiger partial charge in [0.15, 0.2) is 0 Å². The maximum Gasteiger partial charge on any atom is 0.207 e. The maximum atomic E-state index is 10.4. The zero-order valence-electron chi connectivity index (χ0n) is 9.29. The van der Waals surface area contributed by atoms with Crippen molar-refractivity contribution in [2.75, 3.05) is 0 Å². The van der Waals surface area contributed by atoms with Gasteiger partial charge in [0.25, 0.3) is 0 Å². The van der Waals surface area contributed by atoms with Crippen molar-refractivity contribution in [3.63, 3.8) is 0 Å². The molecule has 1 amide bonds. The Labute approximate surface area is 85.9 Å². The first-order valence-corrected chi connectivity index (χ1v) is 5.36. The number of carbonyl (C=O) groups excluding carboxylic acids is 1. The topological polar surface area (TPSA) is 49.3 Å². The van der Waals surface area contributed by atoms with Gasteiger partial charge in [0.1, 0.15) is 0 Å². The number of hydrogen-bond acceptors (Lipinski definition) is 2. The van der Waals surface area contributed by atoms with E-state index in [-0.39, 0.29) is 17.6 Å². The number of nitrogens with one attached hydrogen (secondary N) is 1. The minimum Gasteiger partial charge on any atom is -0.393 e. The molecule has 0 heterocycles. The van der Waals surface area contributed by atoms with Crippen LogP contribution < -0.4 is 5.32 Å². The monoisotopic (exact) mass is 199 g/mol. The number of aliphatic hydroxyl groups is 1. The lowest BCUT2D eigenvalue weighted by atomic mass is 9.72. The van der Waals surface area contributed by atoms with Crippen molar-refractivity contribution in [1.29, 1.82) is 0 Å². The van der Waals surface area contributed by atoms with E-state index in [1.165, 1.54) is 0 Å². The molecule has 3 atom stereocenters. The van der Waals surface area contributed by atoms with E-state index in [9.17, 15) is 9.90 Å². The van der Waals surface area contributed by atoms with Gasteiger partial charge in [-0.1, -0.05) is 13.3 Å². The van der Waals surface area contributed by atoms with E-state index in [0.29, 0.717) is 5.92 Å². The van der Waals surface area contributed by atoms with Gasteiger partial charge >= 0.3 is 0 Å². The molecule has 1 aliphatic rings. The third kappa shape index (κ3) is 2.47. The van der Waals surface area contributed by atoms with E-state index in [1.807, 2.05) is 13.8 Å². The van der Waals surface area contributed by atoms with Crippen LogP contribution in [0.5, 0.6) is 0 Å². The van der Waals surface area contributed by atoms with Crippen molar-refractivity contribution in [3.8, 4) is 0 Å². The quantitative estimate of drug-likeness (QED) is 0.673. The third-order valence-corrected chi connectivity index (χ3v) is 3.44. The van der Waals surface area contributed by atoms with E-state index >= 15 is 0 Å². The van der Waals surface area contributed by atoms with Crippen molar-refractivity contribution < 1.29 is 9.90 Å². The fraction of sp³-hybridized carbons (Fsp3) is 0.909. The minimum absolute atomic E-state index is 0.184. The molecule has 1 fully saturated rings. The largest absolute Gasteiger partial charge is 0.393 e. The Balaban J connectivity index is 2.62. The Bertz CT molecular complexity index is 203. The van der Waals surface area contributed by atoms with Gasteiger partial charge in [0.2, 0.25) is 6.41 Å². The molecular weight excluding hydrogens is 178 g/mol. The van der Waals surface area contributed by atoms with Crippen LogP contribution in [0, 0.1) is 11.8 Å². The molecule has 0 aromatic heterocycles. The summed E-state index contributed by atoms with van der Waals surface area (Å²) in [5.74, 6) is 0.789. The number of carbonyl (C=O) groups is 1.